The van der Waals surface area contributed by atoms with E-state index in [4.69, 9.17) is 4.42 Å². The maximum atomic E-state index is 5.92. The number of fused-ring (bicyclic) bond motifs is 10. The first-order valence-corrected chi connectivity index (χ1v) is 25.6. The van der Waals surface area contributed by atoms with Crippen molar-refractivity contribution in [1.29, 1.82) is 0 Å². The first kappa shape index (κ1) is 42.2. The van der Waals surface area contributed by atoms with Gasteiger partial charge in [-0.05, 0) is 154 Å². The predicted octanol–water partition coefficient (Wildman–Crippen LogP) is 18.6. The molecule has 0 saturated carbocycles. The molecule has 0 radical (unpaired) electrons. The molecule has 0 bridgehead atoms. The summed E-state index contributed by atoms with van der Waals surface area (Å²) in [4.78, 5) is 2.43. The van der Waals surface area contributed by atoms with Gasteiger partial charge in [0.2, 0.25) is 0 Å². The summed E-state index contributed by atoms with van der Waals surface area (Å²) in [5.41, 5.74) is 20.7. The minimum Gasteiger partial charge on any atom is -0.464 e. The molecule has 1 aromatic heterocycles. The molecule has 2 aliphatic carbocycles. The van der Waals surface area contributed by atoms with Gasteiger partial charge in [0.05, 0.1) is 17.1 Å². The second-order valence-corrected chi connectivity index (χ2v) is 19.9. The summed E-state index contributed by atoms with van der Waals surface area (Å²) < 4.78 is 5.92. The summed E-state index contributed by atoms with van der Waals surface area (Å²) in [6.07, 6.45) is 1.78. The largest absolute Gasteiger partial charge is 0.464 e. The van der Waals surface area contributed by atoms with E-state index in [-0.39, 0.29) is 0 Å². The van der Waals surface area contributed by atoms with Gasteiger partial charge in [-0.15, -0.1) is 0 Å². The van der Waals surface area contributed by atoms with E-state index in [1.54, 1.807) is 6.26 Å². The molecule has 0 fully saturated rings. The maximum Gasteiger partial charge on any atom is 0.133 e. The topological polar surface area (TPSA) is 16.4 Å². The van der Waals surface area contributed by atoms with Crippen molar-refractivity contribution in [1.82, 2.24) is 0 Å². The zero-order valence-corrected chi connectivity index (χ0v) is 40.5. The number of anilines is 3. The van der Waals surface area contributed by atoms with E-state index in [1.807, 2.05) is 0 Å². The smallest absolute Gasteiger partial charge is 0.133 e. The van der Waals surface area contributed by atoms with Gasteiger partial charge < -0.3 is 9.32 Å². The molecule has 12 aromatic carbocycles. The summed E-state index contributed by atoms with van der Waals surface area (Å²) in [7, 11) is 0. The third-order valence-corrected chi connectivity index (χ3v) is 16.3. The lowest BCUT2D eigenvalue weighted by Crippen LogP contribution is -2.28. The molecule has 15 rings (SSSR count). The zero-order chi connectivity index (χ0) is 48.8. The molecule has 2 heteroatoms. The second-order valence-electron chi connectivity index (χ2n) is 19.9. The SMILES string of the molecule is c1ccc(C2(c3ccccc3)c3ccccc3-c3ccc(-c4cccc5c4ccc4ccc(N(c6ccc7c(c6)C(c6ccccc6)(c6ccccc6)c6ccccc6-7)c6ccc7occc7c6)cc45)cc32)cc1. The van der Waals surface area contributed by atoms with Gasteiger partial charge in [-0.2, -0.15) is 0 Å². The molecular weight excluding hydrogens is 895 g/mol. The minimum absolute atomic E-state index is 0.484. The summed E-state index contributed by atoms with van der Waals surface area (Å²) in [6.45, 7) is 0. The molecule has 13 aromatic rings. The molecule has 0 amide bonds. The number of benzene rings is 12. The molecule has 0 unspecified atom stereocenters. The van der Waals surface area contributed by atoms with Crippen LogP contribution in [0.5, 0.6) is 0 Å². The number of hydrogen-bond donors (Lipinski definition) is 0. The molecule has 0 atom stereocenters. The van der Waals surface area contributed by atoms with Gasteiger partial charge in [-0.25, -0.2) is 0 Å². The van der Waals surface area contributed by atoms with Crippen LogP contribution in [0.3, 0.4) is 0 Å². The predicted molar refractivity (Wildman–Crippen MR) is 306 cm³/mol. The molecule has 0 saturated heterocycles. The van der Waals surface area contributed by atoms with Crippen LogP contribution in [0.25, 0.3) is 65.9 Å². The van der Waals surface area contributed by atoms with Gasteiger partial charge in [-0.1, -0.05) is 224 Å². The fourth-order valence-corrected chi connectivity index (χ4v) is 13.2. The average molecular weight is 942 g/mol. The van der Waals surface area contributed by atoms with Crippen LogP contribution in [0.15, 0.2) is 290 Å². The quantitative estimate of drug-likeness (QED) is 0.141. The highest BCUT2D eigenvalue weighted by Gasteiger charge is 2.47. The number of rotatable bonds is 8. The van der Waals surface area contributed by atoms with Gasteiger partial charge >= 0.3 is 0 Å². The van der Waals surface area contributed by atoms with Crippen molar-refractivity contribution in [3.8, 4) is 33.4 Å². The Bertz CT molecular complexity index is 4230. The highest BCUT2D eigenvalue weighted by molar-refractivity contribution is 6.13. The minimum atomic E-state index is -0.539. The van der Waals surface area contributed by atoms with Gasteiger partial charge in [0, 0.05) is 22.4 Å². The number of hydrogen-bond acceptors (Lipinski definition) is 2. The van der Waals surface area contributed by atoms with Gasteiger partial charge in [0.25, 0.3) is 0 Å². The Morgan fingerprint density at radius 2 is 0.743 bits per heavy atom. The Morgan fingerprint density at radius 3 is 1.36 bits per heavy atom. The number of nitrogens with zero attached hydrogens (tertiary/aromatic N) is 1. The molecule has 0 N–H and O–H groups in total. The van der Waals surface area contributed by atoms with Crippen LogP contribution in [0.2, 0.25) is 0 Å². The van der Waals surface area contributed by atoms with E-state index >= 15 is 0 Å². The van der Waals surface area contributed by atoms with Gasteiger partial charge in [-0.3, -0.25) is 0 Å². The first-order chi connectivity index (χ1) is 36.7. The Balaban J connectivity index is 0.929. The lowest BCUT2D eigenvalue weighted by atomic mass is 9.67. The van der Waals surface area contributed by atoms with Crippen molar-refractivity contribution >= 4 is 49.6 Å². The van der Waals surface area contributed by atoms with E-state index in [0.29, 0.717) is 0 Å². The van der Waals surface area contributed by atoms with Crippen LogP contribution in [-0.2, 0) is 10.8 Å². The first-order valence-electron chi connectivity index (χ1n) is 25.6. The molecule has 0 aliphatic heterocycles. The molecule has 2 aliphatic rings. The molecule has 74 heavy (non-hydrogen) atoms. The summed E-state index contributed by atoms with van der Waals surface area (Å²) in [5.74, 6) is 0. The van der Waals surface area contributed by atoms with Crippen molar-refractivity contribution < 1.29 is 4.42 Å². The highest BCUT2D eigenvalue weighted by Crippen LogP contribution is 2.59. The Morgan fingerprint density at radius 1 is 0.270 bits per heavy atom. The lowest BCUT2D eigenvalue weighted by Gasteiger charge is -2.35. The van der Waals surface area contributed by atoms with Crippen LogP contribution in [0.4, 0.5) is 17.1 Å². The molecule has 1 heterocycles. The van der Waals surface area contributed by atoms with Crippen molar-refractivity contribution in [2.45, 2.75) is 10.8 Å². The highest BCUT2D eigenvalue weighted by atomic mass is 16.3. The van der Waals surface area contributed by atoms with Crippen LogP contribution < -0.4 is 4.90 Å². The maximum absolute atomic E-state index is 5.92. The fraction of sp³-hybridized carbons (Fsp3) is 0.0278. The summed E-state index contributed by atoms with van der Waals surface area (Å²) in [5, 5.41) is 5.88. The van der Waals surface area contributed by atoms with Crippen molar-refractivity contribution in [3.63, 3.8) is 0 Å². The molecule has 346 valence electrons. The fourth-order valence-electron chi connectivity index (χ4n) is 13.2. The van der Waals surface area contributed by atoms with E-state index in [9.17, 15) is 0 Å². The van der Waals surface area contributed by atoms with E-state index < -0.39 is 10.8 Å². The van der Waals surface area contributed by atoms with E-state index in [0.717, 1.165) is 28.0 Å². The molecule has 0 spiro atoms. The monoisotopic (exact) mass is 941 g/mol. The second kappa shape index (κ2) is 16.5. The summed E-state index contributed by atoms with van der Waals surface area (Å²) >= 11 is 0. The normalized spacial score (nSPS) is 13.6. The standard InChI is InChI=1S/C72H47NO/c1-5-18-51(19-6-1)71(52-20-7-2-8-21-52)66-30-15-13-26-61(66)63-39-34-49(45-68(63)71)58-28-17-29-59-60(58)38-33-48-32-35-56(46-65(48)59)73(55-37-41-70-50(44-55)42-43-74-70)57-36-40-64-62-27-14-16-31-67(62)72(69(64)47-57,53-22-9-3-10-23-53)54-24-11-4-12-25-54/h1-47H. The van der Waals surface area contributed by atoms with Gasteiger partial charge in [0.15, 0.2) is 0 Å². The third-order valence-electron chi connectivity index (χ3n) is 16.3. The Labute approximate surface area is 430 Å². The van der Waals surface area contributed by atoms with Crippen LogP contribution >= 0.6 is 0 Å². The van der Waals surface area contributed by atoms with Crippen molar-refractivity contribution in [2.24, 2.45) is 0 Å². The van der Waals surface area contributed by atoms with E-state index in [2.05, 4.69) is 284 Å². The Kier molecular flexibility index (Phi) is 9.43. The number of furan rings is 1. The Hall–Kier alpha value is -9.50. The third kappa shape index (κ3) is 6.06. The van der Waals surface area contributed by atoms with Crippen molar-refractivity contribution in [3.05, 3.63) is 330 Å². The van der Waals surface area contributed by atoms with Gasteiger partial charge in [0.1, 0.15) is 5.58 Å². The lowest BCUT2D eigenvalue weighted by molar-refractivity contribution is 0.616. The average Bonchev–Trinajstić information content (AvgIpc) is 4.16. The van der Waals surface area contributed by atoms with Crippen molar-refractivity contribution in [2.75, 3.05) is 4.90 Å². The van der Waals surface area contributed by atoms with E-state index in [1.165, 1.54) is 99.4 Å². The zero-order valence-electron chi connectivity index (χ0n) is 40.5. The van der Waals surface area contributed by atoms with Crippen LogP contribution in [-0.4, -0.2) is 0 Å². The molecule has 2 nitrogen and oxygen atoms in total. The van der Waals surface area contributed by atoms with Crippen LogP contribution in [0.1, 0.15) is 44.5 Å². The van der Waals surface area contributed by atoms with Crippen LogP contribution in [0, 0.1) is 0 Å². The summed E-state index contributed by atoms with van der Waals surface area (Å²) in [6, 6.07) is 104. The molecular formula is C72H47NO.